The third-order valence-corrected chi connectivity index (χ3v) is 2.70. The number of unbranched alkanes of at least 4 members (excludes halogenated alkanes) is 3. The minimum atomic E-state index is -1.02. The van der Waals surface area contributed by atoms with Gasteiger partial charge in [-0.05, 0) is 24.6 Å². The molecule has 100 valence electrons. The van der Waals surface area contributed by atoms with Crippen molar-refractivity contribution >= 4 is 12.0 Å². The van der Waals surface area contributed by atoms with Crippen molar-refractivity contribution in [3.63, 3.8) is 0 Å². The molecule has 0 saturated heterocycles. The summed E-state index contributed by atoms with van der Waals surface area (Å²) in [5, 5.41) is 18.4. The molecule has 1 aromatic heterocycles. The molecule has 0 bridgehead atoms. The highest BCUT2D eigenvalue weighted by Gasteiger charge is 2.11. The van der Waals surface area contributed by atoms with Crippen molar-refractivity contribution in [1.29, 1.82) is 0 Å². The molecule has 0 spiro atoms. The van der Waals surface area contributed by atoms with Gasteiger partial charge in [0.25, 0.3) is 0 Å². The van der Waals surface area contributed by atoms with Crippen LogP contribution in [0.4, 0.5) is 0 Å². The first-order valence-electron chi connectivity index (χ1n) is 6.32. The average molecular weight is 252 g/mol. The van der Waals surface area contributed by atoms with Crippen LogP contribution < -0.4 is 0 Å². The van der Waals surface area contributed by atoms with E-state index in [1.165, 1.54) is 18.9 Å². The zero-order chi connectivity index (χ0) is 13.4. The van der Waals surface area contributed by atoms with Crippen LogP contribution in [0.3, 0.4) is 0 Å². The van der Waals surface area contributed by atoms with Crippen LogP contribution >= 0.6 is 0 Å². The van der Waals surface area contributed by atoms with E-state index in [1.54, 1.807) is 12.1 Å². The van der Waals surface area contributed by atoms with Crippen LogP contribution in [0.25, 0.3) is 6.08 Å². The van der Waals surface area contributed by atoms with Crippen molar-refractivity contribution in [1.82, 2.24) is 0 Å². The van der Waals surface area contributed by atoms with Crippen molar-refractivity contribution in [2.75, 3.05) is 0 Å². The van der Waals surface area contributed by atoms with Gasteiger partial charge in [0, 0.05) is 6.08 Å². The zero-order valence-corrected chi connectivity index (χ0v) is 10.6. The van der Waals surface area contributed by atoms with E-state index in [1.807, 2.05) is 0 Å². The maximum atomic E-state index is 10.3. The van der Waals surface area contributed by atoms with Gasteiger partial charge in [-0.3, -0.25) is 0 Å². The Labute approximate surface area is 107 Å². The zero-order valence-electron chi connectivity index (χ0n) is 10.6. The summed E-state index contributed by atoms with van der Waals surface area (Å²) in [6, 6.07) is 3.34. The number of hydrogen-bond acceptors (Lipinski definition) is 3. The predicted octanol–water partition coefficient (Wildman–Crippen LogP) is 3.38. The number of rotatable bonds is 8. The number of carboxylic acids is 1. The molecule has 0 fully saturated rings. The van der Waals surface area contributed by atoms with Crippen LogP contribution in [0, 0.1) is 0 Å². The van der Waals surface area contributed by atoms with Crippen molar-refractivity contribution in [2.24, 2.45) is 0 Å². The predicted molar refractivity (Wildman–Crippen MR) is 69.1 cm³/mol. The van der Waals surface area contributed by atoms with Gasteiger partial charge in [-0.25, -0.2) is 4.79 Å². The van der Waals surface area contributed by atoms with Crippen molar-refractivity contribution < 1.29 is 19.4 Å². The number of hydrogen-bond donors (Lipinski definition) is 2. The first-order chi connectivity index (χ1) is 8.63. The highest BCUT2D eigenvalue weighted by Crippen LogP contribution is 2.22. The van der Waals surface area contributed by atoms with Crippen LogP contribution in [-0.2, 0) is 4.79 Å². The molecule has 1 atom stereocenters. The Morgan fingerprint density at radius 1 is 1.39 bits per heavy atom. The number of aliphatic hydroxyl groups is 1. The summed E-state index contributed by atoms with van der Waals surface area (Å²) in [6.07, 6.45) is 6.88. The van der Waals surface area contributed by atoms with Gasteiger partial charge in [0.15, 0.2) is 0 Å². The van der Waals surface area contributed by atoms with Gasteiger partial charge < -0.3 is 14.6 Å². The minimum Gasteiger partial charge on any atom is -0.478 e. The molecule has 4 heteroatoms. The normalized spacial score (nSPS) is 13.0. The molecule has 0 radical (unpaired) electrons. The van der Waals surface area contributed by atoms with Gasteiger partial charge in [-0.15, -0.1) is 0 Å². The molecule has 1 aromatic rings. The Kier molecular flexibility index (Phi) is 6.22. The smallest absolute Gasteiger partial charge is 0.328 e. The SMILES string of the molecule is CCCCCCC(O)c1ccc(/C=C/C(=O)O)o1. The molecule has 0 aliphatic rings. The van der Waals surface area contributed by atoms with Crippen LogP contribution in [-0.4, -0.2) is 16.2 Å². The summed E-state index contributed by atoms with van der Waals surface area (Å²) in [6.45, 7) is 2.14. The first-order valence-corrected chi connectivity index (χ1v) is 6.32. The van der Waals surface area contributed by atoms with Crippen molar-refractivity contribution in [3.8, 4) is 0 Å². The largest absolute Gasteiger partial charge is 0.478 e. The summed E-state index contributed by atoms with van der Waals surface area (Å²) >= 11 is 0. The number of aliphatic carboxylic acids is 1. The lowest BCUT2D eigenvalue weighted by molar-refractivity contribution is -0.131. The maximum Gasteiger partial charge on any atom is 0.328 e. The summed E-state index contributed by atoms with van der Waals surface area (Å²) in [5.74, 6) is -0.0791. The molecule has 0 aromatic carbocycles. The van der Waals surface area contributed by atoms with Gasteiger partial charge in [0.05, 0.1) is 0 Å². The van der Waals surface area contributed by atoms with Crippen LogP contribution in [0.15, 0.2) is 22.6 Å². The molecular formula is C14H20O4. The summed E-state index contributed by atoms with van der Waals surface area (Å²) in [5.41, 5.74) is 0. The third-order valence-electron chi connectivity index (χ3n) is 2.70. The molecule has 0 aliphatic carbocycles. The van der Waals surface area contributed by atoms with Crippen LogP contribution in [0.2, 0.25) is 0 Å². The second-order valence-electron chi connectivity index (χ2n) is 4.28. The molecule has 1 heterocycles. The van der Waals surface area contributed by atoms with E-state index in [4.69, 9.17) is 9.52 Å². The lowest BCUT2D eigenvalue weighted by Gasteiger charge is -2.06. The highest BCUT2D eigenvalue weighted by atomic mass is 16.4. The van der Waals surface area contributed by atoms with E-state index in [9.17, 15) is 9.90 Å². The molecule has 0 saturated carbocycles. The van der Waals surface area contributed by atoms with Crippen LogP contribution in [0.1, 0.15) is 56.7 Å². The second-order valence-corrected chi connectivity index (χ2v) is 4.28. The third kappa shape index (κ3) is 5.19. The molecule has 1 rings (SSSR count). The fourth-order valence-electron chi connectivity index (χ4n) is 1.70. The summed E-state index contributed by atoms with van der Waals surface area (Å²) < 4.78 is 5.35. The summed E-state index contributed by atoms with van der Waals surface area (Å²) in [4.78, 5) is 10.3. The highest BCUT2D eigenvalue weighted by molar-refractivity contribution is 5.84. The van der Waals surface area contributed by atoms with E-state index in [-0.39, 0.29) is 0 Å². The topological polar surface area (TPSA) is 70.7 Å². The lowest BCUT2D eigenvalue weighted by atomic mass is 10.1. The quantitative estimate of drug-likeness (QED) is 0.549. The molecule has 0 aliphatic heterocycles. The van der Waals surface area contributed by atoms with E-state index in [0.717, 1.165) is 18.9 Å². The van der Waals surface area contributed by atoms with Gasteiger partial charge in [-0.1, -0.05) is 32.6 Å². The Hall–Kier alpha value is -1.55. The number of carbonyl (C=O) groups is 1. The van der Waals surface area contributed by atoms with Crippen LogP contribution in [0.5, 0.6) is 0 Å². The van der Waals surface area contributed by atoms with Crippen molar-refractivity contribution in [3.05, 3.63) is 29.7 Å². The fourth-order valence-corrected chi connectivity index (χ4v) is 1.70. The van der Waals surface area contributed by atoms with E-state index in [0.29, 0.717) is 17.9 Å². The second kappa shape index (κ2) is 7.71. The molecule has 18 heavy (non-hydrogen) atoms. The molecule has 0 amide bonds. The van der Waals surface area contributed by atoms with Gasteiger partial charge in [0.1, 0.15) is 17.6 Å². The lowest BCUT2D eigenvalue weighted by Crippen LogP contribution is -1.95. The Morgan fingerprint density at radius 3 is 2.83 bits per heavy atom. The van der Waals surface area contributed by atoms with Gasteiger partial charge in [0.2, 0.25) is 0 Å². The maximum absolute atomic E-state index is 10.3. The first kappa shape index (κ1) is 14.5. The number of carboxylic acid groups (broad SMARTS) is 1. The summed E-state index contributed by atoms with van der Waals surface area (Å²) in [7, 11) is 0. The Bertz CT molecular complexity index is 392. The number of aliphatic hydroxyl groups excluding tert-OH is 1. The van der Waals surface area contributed by atoms with Gasteiger partial charge >= 0.3 is 5.97 Å². The van der Waals surface area contributed by atoms with Gasteiger partial charge in [-0.2, -0.15) is 0 Å². The molecular weight excluding hydrogens is 232 g/mol. The standard InChI is InChI=1S/C14H20O4/c1-2-3-4-5-6-12(15)13-9-7-11(18-13)8-10-14(16)17/h7-10,12,15H,2-6H2,1H3,(H,16,17)/b10-8+. The Balaban J connectivity index is 2.44. The average Bonchev–Trinajstić information content (AvgIpc) is 2.80. The molecule has 2 N–H and O–H groups in total. The minimum absolute atomic E-state index is 0.444. The van der Waals surface area contributed by atoms with E-state index < -0.39 is 12.1 Å². The number of furan rings is 1. The molecule has 4 nitrogen and oxygen atoms in total. The van der Waals surface area contributed by atoms with E-state index in [2.05, 4.69) is 6.92 Å². The molecule has 1 unspecified atom stereocenters. The fraction of sp³-hybridized carbons (Fsp3) is 0.500. The van der Waals surface area contributed by atoms with E-state index >= 15 is 0 Å². The monoisotopic (exact) mass is 252 g/mol. The Morgan fingerprint density at radius 2 is 2.17 bits per heavy atom. The van der Waals surface area contributed by atoms with Crippen molar-refractivity contribution in [2.45, 2.75) is 45.1 Å².